The Labute approximate surface area is 102 Å². The van der Waals surface area contributed by atoms with Crippen LogP contribution in [0.5, 0.6) is 0 Å². The van der Waals surface area contributed by atoms with Crippen LogP contribution in [0.3, 0.4) is 0 Å². The predicted octanol–water partition coefficient (Wildman–Crippen LogP) is 0.831. The second-order valence-electron chi connectivity index (χ2n) is 4.08. The second-order valence-corrected chi connectivity index (χ2v) is 4.08. The maximum absolute atomic E-state index is 5.90. The number of aromatic nitrogens is 5. The Hall–Kier alpha value is -2.76. The molecular weight excluding hydrogens is 228 g/mol. The molecule has 86 valence electrons. The summed E-state index contributed by atoms with van der Waals surface area (Å²) in [6.45, 7) is 0. The number of anilines is 1. The fourth-order valence-electron chi connectivity index (χ4n) is 2.10. The monoisotopic (exact) mass is 237 g/mol. The van der Waals surface area contributed by atoms with E-state index in [2.05, 4.69) is 19.9 Å². The first-order chi connectivity index (χ1) is 8.83. The molecule has 0 atom stereocenters. The van der Waals surface area contributed by atoms with Gasteiger partial charge in [0.05, 0.1) is 17.0 Å². The summed E-state index contributed by atoms with van der Waals surface area (Å²) in [7, 11) is 0. The van der Waals surface area contributed by atoms with Crippen LogP contribution in [-0.2, 0) is 0 Å². The normalized spacial score (nSPS) is 12.4. The molecule has 0 radical (unpaired) electrons. The third-order valence-corrected chi connectivity index (χ3v) is 3.05. The van der Waals surface area contributed by atoms with E-state index in [0.717, 1.165) is 28.1 Å². The topological polar surface area (TPSA) is 84.4 Å². The number of nitrogens with two attached hydrogens (primary N) is 1. The highest BCUT2D eigenvalue weighted by Gasteiger charge is 2.21. The van der Waals surface area contributed by atoms with Gasteiger partial charge in [-0.25, -0.2) is 14.5 Å². The van der Waals surface area contributed by atoms with E-state index in [-0.39, 0.29) is 0 Å². The van der Waals surface area contributed by atoms with Crippen LogP contribution in [0.15, 0.2) is 24.8 Å². The number of hydrogen-bond donors (Lipinski definition) is 2. The van der Waals surface area contributed by atoms with Crippen molar-refractivity contribution in [2.45, 2.75) is 0 Å². The van der Waals surface area contributed by atoms with Gasteiger partial charge in [0.1, 0.15) is 30.2 Å². The van der Waals surface area contributed by atoms with Gasteiger partial charge >= 0.3 is 5.82 Å². The summed E-state index contributed by atoms with van der Waals surface area (Å²) in [5.41, 5.74) is 8.41. The third kappa shape index (κ3) is 1.11. The van der Waals surface area contributed by atoms with E-state index in [1.165, 1.54) is 6.33 Å². The zero-order valence-corrected chi connectivity index (χ0v) is 9.33. The molecule has 4 heterocycles. The molecule has 0 spiro atoms. The minimum Gasteiger partial charge on any atom is -0.383 e. The number of nitrogens with zero attached hydrogens (tertiary/aromatic N) is 4. The first-order valence-corrected chi connectivity index (χ1v) is 5.51. The third-order valence-electron chi connectivity index (χ3n) is 3.05. The van der Waals surface area contributed by atoms with E-state index in [1.807, 2.05) is 35.3 Å². The molecule has 0 saturated carbocycles. The highest BCUT2D eigenvalue weighted by molar-refractivity contribution is 5.99. The lowest BCUT2D eigenvalue weighted by Gasteiger charge is -2.03. The Kier molecular flexibility index (Phi) is 1.62. The van der Waals surface area contributed by atoms with Crippen LogP contribution in [0.2, 0.25) is 0 Å². The van der Waals surface area contributed by atoms with Crippen molar-refractivity contribution in [2.24, 2.45) is 0 Å². The predicted molar refractivity (Wildman–Crippen MR) is 67.0 cm³/mol. The molecular formula is C12H9N6+. The molecule has 0 bridgehead atoms. The summed E-state index contributed by atoms with van der Waals surface area (Å²) in [4.78, 5) is 15.8. The highest BCUT2D eigenvalue weighted by atomic mass is 15.1. The maximum atomic E-state index is 5.90. The van der Waals surface area contributed by atoms with Crippen molar-refractivity contribution < 1.29 is 4.57 Å². The summed E-state index contributed by atoms with van der Waals surface area (Å²) in [5.74, 6) is 1.39. The van der Waals surface area contributed by atoms with Gasteiger partial charge in [-0.2, -0.15) is 0 Å². The number of H-pyrrole nitrogens is 1. The van der Waals surface area contributed by atoms with Crippen molar-refractivity contribution >= 4 is 29.1 Å². The van der Waals surface area contributed by atoms with Gasteiger partial charge in [0.25, 0.3) is 0 Å². The van der Waals surface area contributed by atoms with Crippen molar-refractivity contribution in [1.29, 1.82) is 0 Å². The standard InChI is InChI=1S/C12H8N6/c13-11-10-7(5-14-12(10)16-6-15-11)8-1-3-18-4-2-9(18)17-8/h1-6H,(H2,13,15,16)/p+1. The Morgan fingerprint density at radius 3 is 3.00 bits per heavy atom. The Bertz CT molecular complexity index is 801. The minimum atomic E-state index is 0.462. The van der Waals surface area contributed by atoms with E-state index in [4.69, 9.17) is 5.73 Å². The van der Waals surface area contributed by atoms with Crippen LogP contribution < -0.4 is 10.3 Å². The molecule has 1 aliphatic heterocycles. The SMILES string of the molecule is Nc1ncnc2[nH]cc(-c3cc[n+]4c(n3)C=C4)c12. The summed E-state index contributed by atoms with van der Waals surface area (Å²) in [5, 5.41) is 0.818. The Balaban J connectivity index is 2.00. The molecule has 0 unspecified atom stereocenters. The number of fused-ring (bicyclic) bond motifs is 2. The van der Waals surface area contributed by atoms with Gasteiger partial charge in [-0.1, -0.05) is 0 Å². The highest BCUT2D eigenvalue weighted by Crippen LogP contribution is 2.29. The number of aromatic amines is 1. The fraction of sp³-hybridized carbons (Fsp3) is 0. The average Bonchev–Trinajstić information content (AvgIpc) is 2.76. The van der Waals surface area contributed by atoms with E-state index >= 15 is 0 Å². The van der Waals surface area contributed by atoms with E-state index < -0.39 is 0 Å². The molecule has 1 aliphatic rings. The average molecular weight is 237 g/mol. The van der Waals surface area contributed by atoms with Gasteiger partial charge in [0, 0.05) is 12.3 Å². The molecule has 0 saturated heterocycles. The van der Waals surface area contributed by atoms with Crippen molar-refractivity contribution in [3.63, 3.8) is 0 Å². The quantitative estimate of drug-likeness (QED) is 0.480. The first kappa shape index (κ1) is 9.29. The number of rotatable bonds is 1. The van der Waals surface area contributed by atoms with Gasteiger partial charge < -0.3 is 10.7 Å². The smallest absolute Gasteiger partial charge is 0.331 e. The van der Waals surface area contributed by atoms with Crippen LogP contribution in [0.25, 0.3) is 34.6 Å². The van der Waals surface area contributed by atoms with Gasteiger partial charge in [-0.15, -0.1) is 0 Å². The number of hydrogen-bond acceptors (Lipinski definition) is 4. The Morgan fingerprint density at radius 1 is 1.28 bits per heavy atom. The molecule has 3 N–H and O–H groups in total. The molecule has 0 aromatic carbocycles. The Morgan fingerprint density at radius 2 is 2.22 bits per heavy atom. The maximum Gasteiger partial charge on any atom is 0.331 e. The molecule has 0 amide bonds. The number of nitrogens with one attached hydrogen (secondary N) is 1. The van der Waals surface area contributed by atoms with Gasteiger partial charge in [-0.05, 0) is 4.98 Å². The van der Waals surface area contributed by atoms with Crippen LogP contribution in [-0.4, -0.2) is 19.9 Å². The first-order valence-electron chi connectivity index (χ1n) is 5.51. The van der Waals surface area contributed by atoms with Gasteiger partial charge in [0.2, 0.25) is 0 Å². The zero-order valence-electron chi connectivity index (χ0n) is 9.33. The summed E-state index contributed by atoms with van der Waals surface area (Å²) in [6, 6.07) is 1.95. The lowest BCUT2D eigenvalue weighted by molar-refractivity contribution is -0.584. The molecule has 6 heteroatoms. The van der Waals surface area contributed by atoms with Crippen molar-refractivity contribution in [3.05, 3.63) is 30.6 Å². The minimum absolute atomic E-state index is 0.462. The summed E-state index contributed by atoms with van der Waals surface area (Å²) >= 11 is 0. The van der Waals surface area contributed by atoms with Crippen molar-refractivity contribution in [2.75, 3.05) is 5.73 Å². The van der Waals surface area contributed by atoms with Crippen LogP contribution in [0.4, 0.5) is 5.82 Å². The summed E-state index contributed by atoms with van der Waals surface area (Å²) in [6.07, 6.45) is 9.19. The van der Waals surface area contributed by atoms with Gasteiger partial charge in [0.15, 0.2) is 5.69 Å². The molecule has 3 aromatic rings. The lowest BCUT2D eigenvalue weighted by Crippen LogP contribution is -2.36. The van der Waals surface area contributed by atoms with Crippen molar-refractivity contribution in [3.8, 4) is 11.3 Å². The van der Waals surface area contributed by atoms with E-state index in [9.17, 15) is 0 Å². The molecule has 18 heavy (non-hydrogen) atoms. The lowest BCUT2D eigenvalue weighted by atomic mass is 10.1. The largest absolute Gasteiger partial charge is 0.383 e. The van der Waals surface area contributed by atoms with E-state index in [1.54, 1.807) is 0 Å². The van der Waals surface area contributed by atoms with Crippen LogP contribution in [0.1, 0.15) is 5.82 Å². The number of nitrogen functional groups attached to an aromatic ring is 1. The van der Waals surface area contributed by atoms with Gasteiger partial charge in [-0.3, -0.25) is 0 Å². The molecule has 0 fully saturated rings. The zero-order chi connectivity index (χ0) is 12.1. The second kappa shape index (κ2) is 3.13. The fourth-order valence-corrected chi connectivity index (χ4v) is 2.10. The van der Waals surface area contributed by atoms with Crippen LogP contribution >= 0.6 is 0 Å². The molecule has 0 aliphatic carbocycles. The molecule has 4 rings (SSSR count). The molecule has 3 aromatic heterocycles. The van der Waals surface area contributed by atoms with E-state index in [0.29, 0.717) is 5.82 Å². The summed E-state index contributed by atoms with van der Waals surface area (Å²) < 4.78 is 1.96. The van der Waals surface area contributed by atoms with Crippen LogP contribution in [0, 0.1) is 0 Å². The molecule has 6 nitrogen and oxygen atoms in total. The van der Waals surface area contributed by atoms with Crippen molar-refractivity contribution in [1.82, 2.24) is 19.9 Å².